The molecule has 0 spiro atoms. The van der Waals surface area contributed by atoms with E-state index in [1.54, 1.807) is 4.90 Å². The maximum atomic E-state index is 12.2. The number of nitrogens with two attached hydrogens (primary N) is 1. The Bertz CT molecular complexity index is 343. The van der Waals surface area contributed by atoms with Crippen LogP contribution in [0.5, 0.6) is 0 Å². The number of rotatable bonds is 6. The van der Waals surface area contributed by atoms with Crippen LogP contribution in [0.1, 0.15) is 25.7 Å². The van der Waals surface area contributed by atoms with E-state index in [0.29, 0.717) is 12.3 Å². The molecule has 1 heterocycles. The minimum Gasteiger partial charge on any atom is -0.379 e. The van der Waals surface area contributed by atoms with Crippen LogP contribution < -0.4 is 11.1 Å². The highest BCUT2D eigenvalue weighted by molar-refractivity contribution is 5.86. The Balaban J connectivity index is 1.88. The summed E-state index contributed by atoms with van der Waals surface area (Å²) < 4.78 is 0. The van der Waals surface area contributed by atoms with Crippen LogP contribution in [0, 0.1) is 5.92 Å². The summed E-state index contributed by atoms with van der Waals surface area (Å²) in [5.74, 6) is -0.0794. The summed E-state index contributed by atoms with van der Waals surface area (Å²) in [6, 6.07) is 0. The first kappa shape index (κ1) is 13.3. The highest BCUT2D eigenvalue weighted by Gasteiger charge is 2.43. The molecular formula is C12H21N3O3. The van der Waals surface area contributed by atoms with Crippen LogP contribution in [0.25, 0.3) is 0 Å². The molecule has 0 aromatic heterocycles. The summed E-state index contributed by atoms with van der Waals surface area (Å²) in [4.78, 5) is 24.6. The van der Waals surface area contributed by atoms with Crippen molar-refractivity contribution in [3.8, 4) is 0 Å². The molecule has 1 saturated heterocycles. The van der Waals surface area contributed by atoms with Gasteiger partial charge in [-0.1, -0.05) is 0 Å². The summed E-state index contributed by atoms with van der Waals surface area (Å²) in [7, 11) is 0. The Labute approximate surface area is 107 Å². The minimum atomic E-state index is -1.37. The summed E-state index contributed by atoms with van der Waals surface area (Å²) >= 11 is 0. The van der Waals surface area contributed by atoms with Crippen molar-refractivity contribution in [3.05, 3.63) is 0 Å². The Morgan fingerprint density at radius 1 is 1.56 bits per heavy atom. The predicted molar refractivity (Wildman–Crippen MR) is 65.6 cm³/mol. The quantitative estimate of drug-likeness (QED) is 0.557. The SMILES string of the molecule is NC(=O)CNCC1(O)CCCN(CC2CC2)C1=O. The average Bonchev–Trinajstić information content (AvgIpc) is 3.08. The second-order valence-electron chi connectivity index (χ2n) is 5.40. The van der Waals surface area contributed by atoms with Gasteiger partial charge in [-0.05, 0) is 31.6 Å². The Hall–Kier alpha value is -1.14. The molecule has 6 nitrogen and oxygen atoms in total. The zero-order valence-electron chi connectivity index (χ0n) is 10.5. The van der Waals surface area contributed by atoms with Crippen molar-refractivity contribution in [2.75, 3.05) is 26.2 Å². The summed E-state index contributed by atoms with van der Waals surface area (Å²) in [6.07, 6.45) is 3.61. The van der Waals surface area contributed by atoms with Crippen LogP contribution in [0.15, 0.2) is 0 Å². The summed E-state index contributed by atoms with van der Waals surface area (Å²) in [5, 5.41) is 13.1. The van der Waals surface area contributed by atoms with Crippen LogP contribution in [-0.2, 0) is 9.59 Å². The van der Waals surface area contributed by atoms with Gasteiger partial charge in [0.15, 0.2) is 5.60 Å². The van der Waals surface area contributed by atoms with Crippen LogP contribution in [0.3, 0.4) is 0 Å². The molecule has 2 rings (SSSR count). The fraction of sp³-hybridized carbons (Fsp3) is 0.833. The number of nitrogens with one attached hydrogen (secondary N) is 1. The molecule has 4 N–H and O–H groups in total. The third kappa shape index (κ3) is 3.20. The topological polar surface area (TPSA) is 95.7 Å². The van der Waals surface area contributed by atoms with Crippen molar-refractivity contribution in [2.45, 2.75) is 31.3 Å². The number of hydrogen-bond acceptors (Lipinski definition) is 4. The zero-order valence-corrected chi connectivity index (χ0v) is 10.5. The van der Waals surface area contributed by atoms with Crippen LogP contribution in [0.2, 0.25) is 0 Å². The average molecular weight is 255 g/mol. The van der Waals surface area contributed by atoms with Gasteiger partial charge in [0.05, 0.1) is 6.54 Å². The molecule has 6 heteroatoms. The maximum absolute atomic E-state index is 12.2. The van der Waals surface area contributed by atoms with Gasteiger partial charge in [-0.15, -0.1) is 0 Å². The Kier molecular flexibility index (Phi) is 3.87. The van der Waals surface area contributed by atoms with Gasteiger partial charge in [0.25, 0.3) is 5.91 Å². The number of piperidine rings is 1. The number of carbonyl (C=O) groups excluding carboxylic acids is 2. The van der Waals surface area contributed by atoms with Gasteiger partial charge in [-0.3, -0.25) is 9.59 Å². The highest BCUT2D eigenvalue weighted by atomic mass is 16.3. The Morgan fingerprint density at radius 2 is 2.28 bits per heavy atom. The highest BCUT2D eigenvalue weighted by Crippen LogP contribution is 2.32. The lowest BCUT2D eigenvalue weighted by atomic mass is 9.91. The van der Waals surface area contributed by atoms with E-state index in [9.17, 15) is 14.7 Å². The van der Waals surface area contributed by atoms with Crippen molar-refractivity contribution in [3.63, 3.8) is 0 Å². The van der Waals surface area contributed by atoms with Crippen molar-refractivity contribution >= 4 is 11.8 Å². The van der Waals surface area contributed by atoms with E-state index < -0.39 is 11.5 Å². The lowest BCUT2D eigenvalue weighted by Gasteiger charge is -2.38. The second kappa shape index (κ2) is 5.24. The monoisotopic (exact) mass is 255 g/mol. The fourth-order valence-electron chi connectivity index (χ4n) is 2.41. The van der Waals surface area contributed by atoms with Crippen molar-refractivity contribution in [1.82, 2.24) is 10.2 Å². The first-order chi connectivity index (χ1) is 8.51. The van der Waals surface area contributed by atoms with Gasteiger partial charge in [-0.25, -0.2) is 0 Å². The maximum Gasteiger partial charge on any atom is 0.255 e. The molecule has 1 aliphatic heterocycles. The first-order valence-electron chi connectivity index (χ1n) is 6.52. The molecule has 102 valence electrons. The van der Waals surface area contributed by atoms with E-state index >= 15 is 0 Å². The molecular weight excluding hydrogens is 234 g/mol. The van der Waals surface area contributed by atoms with Crippen molar-refractivity contribution in [1.29, 1.82) is 0 Å². The molecule has 2 aliphatic rings. The lowest BCUT2D eigenvalue weighted by molar-refractivity contribution is -0.157. The summed E-state index contributed by atoms with van der Waals surface area (Å²) in [5.41, 5.74) is 3.64. The molecule has 1 unspecified atom stereocenters. The van der Waals surface area contributed by atoms with Crippen molar-refractivity contribution < 1.29 is 14.7 Å². The largest absolute Gasteiger partial charge is 0.379 e. The first-order valence-corrected chi connectivity index (χ1v) is 6.52. The van der Waals surface area contributed by atoms with Gasteiger partial charge < -0.3 is 21.1 Å². The molecule has 0 aromatic carbocycles. The Morgan fingerprint density at radius 3 is 2.89 bits per heavy atom. The van der Waals surface area contributed by atoms with Gasteiger partial charge in [0.2, 0.25) is 5.91 Å². The minimum absolute atomic E-state index is 0.0157. The third-order valence-electron chi connectivity index (χ3n) is 3.60. The van der Waals surface area contributed by atoms with Crippen LogP contribution in [0.4, 0.5) is 0 Å². The number of likely N-dealkylation sites (tertiary alicyclic amines) is 1. The van der Waals surface area contributed by atoms with E-state index in [2.05, 4.69) is 5.32 Å². The van der Waals surface area contributed by atoms with E-state index in [0.717, 1.165) is 19.5 Å². The van der Waals surface area contributed by atoms with Crippen molar-refractivity contribution in [2.24, 2.45) is 11.7 Å². The number of amides is 2. The molecule has 0 aromatic rings. The van der Waals surface area contributed by atoms with E-state index in [4.69, 9.17) is 5.73 Å². The van der Waals surface area contributed by atoms with E-state index in [1.807, 2.05) is 0 Å². The predicted octanol–water partition coefficient (Wildman–Crippen LogP) is -1.18. The van der Waals surface area contributed by atoms with Gasteiger partial charge in [0.1, 0.15) is 0 Å². The molecule has 1 atom stereocenters. The molecule has 2 amide bonds. The molecule has 1 aliphatic carbocycles. The zero-order chi connectivity index (χ0) is 13.2. The number of aliphatic hydroxyl groups is 1. The number of carbonyl (C=O) groups is 2. The second-order valence-corrected chi connectivity index (χ2v) is 5.40. The standard InChI is InChI=1S/C12H21N3O3/c13-10(16)6-14-8-12(18)4-1-5-15(11(12)17)7-9-2-3-9/h9,14,18H,1-8H2,(H2,13,16). The van der Waals surface area contributed by atoms with Gasteiger partial charge in [-0.2, -0.15) is 0 Å². The molecule has 1 saturated carbocycles. The smallest absolute Gasteiger partial charge is 0.255 e. The van der Waals surface area contributed by atoms with E-state index in [1.165, 1.54) is 12.8 Å². The fourth-order valence-corrected chi connectivity index (χ4v) is 2.41. The van der Waals surface area contributed by atoms with Gasteiger partial charge >= 0.3 is 0 Å². The van der Waals surface area contributed by atoms with Gasteiger partial charge in [0, 0.05) is 19.6 Å². The van der Waals surface area contributed by atoms with Crippen LogP contribution >= 0.6 is 0 Å². The number of primary amides is 1. The van der Waals surface area contributed by atoms with E-state index in [-0.39, 0.29) is 19.0 Å². The summed E-state index contributed by atoms with van der Waals surface area (Å²) in [6.45, 7) is 1.57. The normalized spacial score (nSPS) is 28.5. The van der Waals surface area contributed by atoms with Crippen LogP contribution in [-0.4, -0.2) is 53.6 Å². The molecule has 18 heavy (non-hydrogen) atoms. The number of nitrogens with zero attached hydrogens (tertiary/aromatic N) is 1. The molecule has 0 bridgehead atoms. The molecule has 2 fully saturated rings. The number of hydrogen-bond donors (Lipinski definition) is 3. The lowest BCUT2D eigenvalue weighted by Crippen LogP contribution is -2.58. The molecule has 0 radical (unpaired) electrons. The third-order valence-corrected chi connectivity index (χ3v) is 3.60.